The molecule has 1 saturated heterocycles. The normalized spacial score (nSPS) is 23.9. The second-order valence-electron chi connectivity index (χ2n) is 5.59. The average molecular weight is 269 g/mol. The maximum Gasteiger partial charge on any atom is 0.102 e. The molecule has 0 radical (unpaired) electrons. The highest BCUT2D eigenvalue weighted by atomic mass is 16.5. The van der Waals surface area contributed by atoms with E-state index < -0.39 is 0 Å². The molecule has 4 nitrogen and oxygen atoms in total. The molecule has 2 aromatic heterocycles. The molecular weight excluding hydrogens is 250 g/mol. The number of pyridine rings is 1. The Labute approximate surface area is 119 Å². The molecule has 0 unspecified atom stereocenters. The van der Waals surface area contributed by atoms with E-state index in [9.17, 15) is 5.26 Å². The van der Waals surface area contributed by atoms with E-state index in [2.05, 4.69) is 31.0 Å². The van der Waals surface area contributed by atoms with Gasteiger partial charge in [0.05, 0.1) is 23.3 Å². The van der Waals surface area contributed by atoms with Gasteiger partial charge in [0.2, 0.25) is 0 Å². The predicted octanol–water partition coefficient (Wildman–Crippen LogP) is 2.42. The number of hydrogen-bond acceptors (Lipinski definition) is 3. The Kier molecular flexibility index (Phi) is 3.47. The van der Waals surface area contributed by atoms with Gasteiger partial charge in [-0.1, -0.05) is 6.07 Å². The molecular formula is C16H19N3O. The van der Waals surface area contributed by atoms with Crippen LogP contribution >= 0.6 is 0 Å². The first-order valence-corrected chi connectivity index (χ1v) is 7.04. The highest BCUT2D eigenvalue weighted by Gasteiger charge is 2.23. The largest absolute Gasteiger partial charge is 0.373 e. The monoisotopic (exact) mass is 269 g/mol. The first-order valence-electron chi connectivity index (χ1n) is 7.04. The minimum absolute atomic E-state index is 0.251. The lowest BCUT2D eigenvalue weighted by atomic mass is 10.1. The van der Waals surface area contributed by atoms with Crippen molar-refractivity contribution in [3.63, 3.8) is 0 Å². The summed E-state index contributed by atoms with van der Waals surface area (Å²) in [4.78, 5) is 2.37. The van der Waals surface area contributed by atoms with Gasteiger partial charge < -0.3 is 9.14 Å². The first kappa shape index (κ1) is 13.2. The Hall–Kier alpha value is -1.83. The Morgan fingerprint density at radius 1 is 1.30 bits per heavy atom. The summed E-state index contributed by atoms with van der Waals surface area (Å²) in [5, 5.41) is 9.43. The van der Waals surface area contributed by atoms with Gasteiger partial charge >= 0.3 is 0 Å². The number of nitriles is 1. The topological polar surface area (TPSA) is 40.7 Å². The minimum Gasteiger partial charge on any atom is -0.373 e. The zero-order valence-electron chi connectivity index (χ0n) is 11.9. The third kappa shape index (κ3) is 2.43. The maximum atomic E-state index is 9.43. The van der Waals surface area contributed by atoms with Gasteiger partial charge in [0.15, 0.2) is 0 Å². The number of ether oxygens (including phenoxy) is 1. The van der Waals surface area contributed by atoms with Crippen LogP contribution in [0.1, 0.15) is 25.0 Å². The summed E-state index contributed by atoms with van der Waals surface area (Å²) in [5.74, 6) is 0. The molecule has 2 aromatic rings. The number of rotatable bonds is 2. The Bertz CT molecular complexity index is 645. The van der Waals surface area contributed by atoms with Crippen LogP contribution in [-0.2, 0) is 11.3 Å². The Balaban J connectivity index is 1.89. The van der Waals surface area contributed by atoms with Crippen molar-refractivity contribution in [3.8, 4) is 6.07 Å². The second kappa shape index (κ2) is 5.28. The van der Waals surface area contributed by atoms with Crippen LogP contribution in [0, 0.1) is 11.3 Å². The molecule has 0 N–H and O–H groups in total. The van der Waals surface area contributed by atoms with E-state index >= 15 is 0 Å². The van der Waals surface area contributed by atoms with Gasteiger partial charge in [-0.15, -0.1) is 0 Å². The van der Waals surface area contributed by atoms with Crippen LogP contribution in [-0.4, -0.2) is 34.6 Å². The highest BCUT2D eigenvalue weighted by Crippen LogP contribution is 2.21. The van der Waals surface area contributed by atoms with Crippen molar-refractivity contribution in [2.24, 2.45) is 0 Å². The second-order valence-corrected chi connectivity index (χ2v) is 5.59. The number of morpholine rings is 1. The van der Waals surface area contributed by atoms with E-state index in [-0.39, 0.29) is 12.2 Å². The standard InChI is InChI=1S/C16H19N3O/c1-12-8-18(9-13(2)20-12)10-14-11-19-6-4-3-5-16(19)15(14)7-17/h3-6,11-13H,8-10H2,1-2H3/t12-,13+. The fourth-order valence-electron chi connectivity index (χ4n) is 3.08. The van der Waals surface area contributed by atoms with Crippen LogP contribution in [0.25, 0.3) is 5.52 Å². The van der Waals surface area contributed by atoms with Gasteiger partial charge in [-0.25, -0.2) is 0 Å². The van der Waals surface area contributed by atoms with Gasteiger partial charge in [-0.05, 0) is 26.0 Å². The van der Waals surface area contributed by atoms with E-state index in [1.807, 2.05) is 28.8 Å². The third-order valence-corrected chi connectivity index (χ3v) is 3.76. The van der Waals surface area contributed by atoms with Crippen molar-refractivity contribution in [1.82, 2.24) is 9.30 Å². The molecule has 3 rings (SSSR count). The quantitative estimate of drug-likeness (QED) is 0.840. The zero-order chi connectivity index (χ0) is 14.1. The SMILES string of the molecule is C[C@@H]1CN(Cc2cn3ccccc3c2C#N)C[C@H](C)O1. The molecule has 104 valence electrons. The van der Waals surface area contributed by atoms with Crippen LogP contribution in [0.2, 0.25) is 0 Å². The van der Waals surface area contributed by atoms with Crippen LogP contribution in [0.5, 0.6) is 0 Å². The Morgan fingerprint density at radius 2 is 2.05 bits per heavy atom. The summed E-state index contributed by atoms with van der Waals surface area (Å²) in [6, 6.07) is 8.30. The lowest BCUT2D eigenvalue weighted by Gasteiger charge is -2.35. The summed E-state index contributed by atoms with van der Waals surface area (Å²) < 4.78 is 7.79. The molecule has 1 aliphatic heterocycles. The van der Waals surface area contributed by atoms with E-state index in [0.717, 1.165) is 36.3 Å². The average Bonchev–Trinajstić information content (AvgIpc) is 2.74. The van der Waals surface area contributed by atoms with Gasteiger partial charge in [0.25, 0.3) is 0 Å². The van der Waals surface area contributed by atoms with Crippen LogP contribution in [0.4, 0.5) is 0 Å². The van der Waals surface area contributed by atoms with Gasteiger partial charge in [0.1, 0.15) is 6.07 Å². The number of nitrogens with zero attached hydrogens (tertiary/aromatic N) is 3. The lowest BCUT2D eigenvalue weighted by Crippen LogP contribution is -2.44. The molecule has 0 aromatic carbocycles. The van der Waals surface area contributed by atoms with Crippen molar-refractivity contribution in [1.29, 1.82) is 5.26 Å². The summed E-state index contributed by atoms with van der Waals surface area (Å²) >= 11 is 0. The predicted molar refractivity (Wildman–Crippen MR) is 77.4 cm³/mol. The summed E-state index contributed by atoms with van der Waals surface area (Å²) in [5.41, 5.74) is 2.87. The van der Waals surface area contributed by atoms with Crippen LogP contribution < -0.4 is 0 Å². The third-order valence-electron chi connectivity index (χ3n) is 3.76. The van der Waals surface area contributed by atoms with Crippen molar-refractivity contribution < 1.29 is 4.74 Å². The summed E-state index contributed by atoms with van der Waals surface area (Å²) in [6.45, 7) is 6.85. The molecule has 0 bridgehead atoms. The molecule has 0 saturated carbocycles. The maximum absolute atomic E-state index is 9.43. The number of aromatic nitrogens is 1. The summed E-state index contributed by atoms with van der Waals surface area (Å²) in [7, 11) is 0. The number of hydrogen-bond donors (Lipinski definition) is 0. The van der Waals surface area contributed by atoms with E-state index in [4.69, 9.17) is 4.74 Å². The van der Waals surface area contributed by atoms with Crippen molar-refractivity contribution >= 4 is 5.52 Å². The molecule has 2 atom stereocenters. The lowest BCUT2D eigenvalue weighted by molar-refractivity contribution is -0.0705. The number of fused-ring (bicyclic) bond motifs is 1. The van der Waals surface area contributed by atoms with Crippen LogP contribution in [0.15, 0.2) is 30.6 Å². The fraction of sp³-hybridized carbons (Fsp3) is 0.438. The molecule has 0 aliphatic carbocycles. The molecule has 3 heterocycles. The van der Waals surface area contributed by atoms with Crippen molar-refractivity contribution in [2.75, 3.05) is 13.1 Å². The van der Waals surface area contributed by atoms with Gasteiger partial charge in [0, 0.05) is 37.6 Å². The molecule has 1 fully saturated rings. The smallest absolute Gasteiger partial charge is 0.102 e. The van der Waals surface area contributed by atoms with E-state index in [0.29, 0.717) is 0 Å². The van der Waals surface area contributed by atoms with Crippen LogP contribution in [0.3, 0.4) is 0 Å². The molecule has 1 aliphatic rings. The summed E-state index contributed by atoms with van der Waals surface area (Å²) in [6.07, 6.45) is 4.56. The fourth-order valence-corrected chi connectivity index (χ4v) is 3.08. The first-order chi connectivity index (χ1) is 9.67. The van der Waals surface area contributed by atoms with E-state index in [1.54, 1.807) is 0 Å². The molecule has 0 amide bonds. The Morgan fingerprint density at radius 3 is 2.75 bits per heavy atom. The van der Waals surface area contributed by atoms with Gasteiger partial charge in [-0.3, -0.25) is 4.90 Å². The minimum atomic E-state index is 0.251. The van der Waals surface area contributed by atoms with Crippen molar-refractivity contribution in [3.05, 3.63) is 41.7 Å². The molecule has 20 heavy (non-hydrogen) atoms. The molecule has 0 spiro atoms. The van der Waals surface area contributed by atoms with E-state index in [1.165, 1.54) is 0 Å². The van der Waals surface area contributed by atoms with Crippen molar-refractivity contribution in [2.45, 2.75) is 32.6 Å². The van der Waals surface area contributed by atoms with Gasteiger partial charge in [-0.2, -0.15) is 5.26 Å². The highest BCUT2D eigenvalue weighted by molar-refractivity contribution is 5.65. The zero-order valence-corrected chi connectivity index (χ0v) is 11.9. The molecule has 4 heteroatoms.